The van der Waals surface area contributed by atoms with E-state index in [0.717, 1.165) is 31.6 Å². The van der Waals surface area contributed by atoms with Crippen molar-refractivity contribution in [2.24, 2.45) is 0 Å². The first-order valence-electron chi connectivity index (χ1n) is 13.1. The average Bonchev–Trinajstić information content (AvgIpc) is 3.55. The van der Waals surface area contributed by atoms with Crippen LogP contribution in [0, 0.1) is 18.8 Å². The lowest BCUT2D eigenvalue weighted by Crippen LogP contribution is -2.45. The lowest BCUT2D eigenvalue weighted by atomic mass is 10.1. The molecule has 0 bridgehead atoms. The maximum absolute atomic E-state index is 13.3. The molecule has 1 atom stereocenters. The van der Waals surface area contributed by atoms with Gasteiger partial charge in [0.15, 0.2) is 0 Å². The first-order valence-corrected chi connectivity index (χ1v) is 19.3. The molecule has 3 aromatic rings. The van der Waals surface area contributed by atoms with Crippen LogP contribution in [-0.2, 0) is 22.4 Å². The molecule has 12 heteroatoms. The summed E-state index contributed by atoms with van der Waals surface area (Å²) in [5, 5.41) is 12.5. The van der Waals surface area contributed by atoms with Crippen molar-refractivity contribution in [3.05, 3.63) is 32.8 Å². The molecule has 3 aromatic heterocycles. The molecular formula is C28H39N3O5S3Si. The summed E-state index contributed by atoms with van der Waals surface area (Å²) in [5.41, 5.74) is 1.09. The number of carboxylic acid groups (broad SMARTS) is 1. The van der Waals surface area contributed by atoms with Crippen LogP contribution in [0.3, 0.4) is 0 Å². The summed E-state index contributed by atoms with van der Waals surface area (Å²) in [6.45, 7) is 17.0. The second-order valence-electron chi connectivity index (χ2n) is 11.7. The fourth-order valence-corrected chi connectivity index (χ4v) is 7.60. The minimum atomic E-state index is -1.30. The Balaban J connectivity index is 1.91. The molecule has 0 aliphatic heterocycles. The summed E-state index contributed by atoms with van der Waals surface area (Å²) in [6.07, 6.45) is -1.05. The van der Waals surface area contributed by atoms with Gasteiger partial charge in [0, 0.05) is 30.9 Å². The van der Waals surface area contributed by atoms with Gasteiger partial charge in [-0.05, 0) is 69.2 Å². The number of nitrogens with zero attached hydrogens (tertiary/aromatic N) is 3. The van der Waals surface area contributed by atoms with E-state index in [-0.39, 0.29) is 13.3 Å². The molecule has 0 aliphatic carbocycles. The Bertz CT molecular complexity index is 1360. The van der Waals surface area contributed by atoms with E-state index in [2.05, 4.69) is 35.9 Å². The molecule has 1 N–H and O–H groups in total. The predicted octanol–water partition coefficient (Wildman–Crippen LogP) is 7.90. The Hall–Kier alpha value is -2.43. The maximum atomic E-state index is 13.3. The van der Waals surface area contributed by atoms with Crippen LogP contribution in [0.2, 0.25) is 25.7 Å². The molecular weight excluding hydrogens is 583 g/mol. The van der Waals surface area contributed by atoms with Gasteiger partial charge >= 0.3 is 12.2 Å². The van der Waals surface area contributed by atoms with E-state index in [1.807, 2.05) is 45.2 Å². The van der Waals surface area contributed by atoms with Crippen molar-refractivity contribution in [3.8, 4) is 11.8 Å². The van der Waals surface area contributed by atoms with Gasteiger partial charge in [-0.15, -0.1) is 28.6 Å². The summed E-state index contributed by atoms with van der Waals surface area (Å²) < 4.78 is 17.2. The standard InChI is InChI=1S/C28H39N3O5S3Si/c1-9-11-20(31(27(34)36-28(3,4)5)18-35-13-15-40(6,7)8)16-22-19(2)23-24(38-22)25(39-29-23)30(26(32)33)17-21-12-10-14-37-21/h10,12,14,20H,13,15-18H2,1-8H3,(H,32,33)/t20-/m0/s1. The van der Waals surface area contributed by atoms with Gasteiger partial charge in [-0.3, -0.25) is 9.80 Å². The third-order valence-corrected chi connectivity index (χ3v) is 10.8. The molecule has 40 heavy (non-hydrogen) atoms. The van der Waals surface area contributed by atoms with Gasteiger partial charge in [0.1, 0.15) is 28.9 Å². The van der Waals surface area contributed by atoms with Crippen LogP contribution in [0.5, 0.6) is 0 Å². The van der Waals surface area contributed by atoms with Gasteiger partial charge in [0.2, 0.25) is 0 Å². The first-order chi connectivity index (χ1) is 18.7. The fourth-order valence-electron chi connectivity index (χ4n) is 3.80. The summed E-state index contributed by atoms with van der Waals surface area (Å²) in [5.74, 6) is 6.17. The van der Waals surface area contributed by atoms with Gasteiger partial charge in [-0.1, -0.05) is 31.6 Å². The number of anilines is 1. The molecule has 0 spiro atoms. The summed E-state index contributed by atoms with van der Waals surface area (Å²) in [6, 6.07) is 4.34. The normalized spacial score (nSPS) is 12.6. The van der Waals surface area contributed by atoms with Crippen molar-refractivity contribution in [2.45, 2.75) is 84.9 Å². The molecule has 3 rings (SSSR count). The number of hydrogen-bond donors (Lipinski definition) is 1. The quantitative estimate of drug-likeness (QED) is 0.101. The lowest BCUT2D eigenvalue weighted by molar-refractivity contribution is -0.0183. The van der Waals surface area contributed by atoms with E-state index in [9.17, 15) is 14.7 Å². The third kappa shape index (κ3) is 8.78. The van der Waals surface area contributed by atoms with Crippen molar-refractivity contribution in [1.29, 1.82) is 0 Å². The minimum Gasteiger partial charge on any atom is -0.465 e. The molecule has 0 saturated carbocycles. The molecule has 0 fully saturated rings. The zero-order valence-electron chi connectivity index (χ0n) is 24.5. The zero-order chi connectivity index (χ0) is 29.7. The lowest BCUT2D eigenvalue weighted by Gasteiger charge is -2.31. The molecule has 218 valence electrons. The Morgan fingerprint density at radius 2 is 1.98 bits per heavy atom. The number of carbonyl (C=O) groups is 2. The summed E-state index contributed by atoms with van der Waals surface area (Å²) in [7, 11) is -1.30. The van der Waals surface area contributed by atoms with Crippen molar-refractivity contribution in [1.82, 2.24) is 9.27 Å². The average molecular weight is 622 g/mol. The Kier molecular flexibility index (Phi) is 10.8. The highest BCUT2D eigenvalue weighted by molar-refractivity contribution is 7.25. The second kappa shape index (κ2) is 13.5. The van der Waals surface area contributed by atoms with Crippen LogP contribution in [0.25, 0.3) is 10.2 Å². The Morgan fingerprint density at radius 3 is 2.55 bits per heavy atom. The smallest absolute Gasteiger partial charge is 0.413 e. The number of ether oxygens (including phenoxy) is 2. The van der Waals surface area contributed by atoms with Crippen LogP contribution in [0.1, 0.15) is 43.0 Å². The van der Waals surface area contributed by atoms with Gasteiger partial charge < -0.3 is 14.6 Å². The first kappa shape index (κ1) is 32.1. The summed E-state index contributed by atoms with van der Waals surface area (Å²) >= 11 is 4.22. The molecule has 0 saturated heterocycles. The highest BCUT2D eigenvalue weighted by Gasteiger charge is 2.30. The number of fused-ring (bicyclic) bond motifs is 1. The van der Waals surface area contributed by atoms with Gasteiger partial charge in [0.25, 0.3) is 0 Å². The number of amides is 2. The van der Waals surface area contributed by atoms with E-state index >= 15 is 0 Å². The third-order valence-electron chi connectivity index (χ3n) is 5.92. The number of hydrogen-bond acceptors (Lipinski definition) is 8. The van der Waals surface area contributed by atoms with E-state index in [0.29, 0.717) is 18.0 Å². The van der Waals surface area contributed by atoms with Gasteiger partial charge in [-0.25, -0.2) is 9.59 Å². The number of carbonyl (C=O) groups excluding carboxylic acids is 1. The number of rotatable bonds is 11. The fraction of sp³-hybridized carbons (Fsp3) is 0.536. The Morgan fingerprint density at radius 1 is 1.25 bits per heavy atom. The van der Waals surface area contributed by atoms with Crippen LogP contribution in [0.4, 0.5) is 14.6 Å². The second-order valence-corrected chi connectivity index (χ2v) is 20.2. The van der Waals surface area contributed by atoms with Crippen molar-refractivity contribution >= 4 is 69.7 Å². The molecule has 2 amide bonds. The molecule has 0 unspecified atom stereocenters. The van der Waals surface area contributed by atoms with E-state index in [1.54, 1.807) is 11.8 Å². The zero-order valence-corrected chi connectivity index (χ0v) is 27.9. The monoisotopic (exact) mass is 621 g/mol. The molecule has 3 heterocycles. The van der Waals surface area contributed by atoms with E-state index in [1.165, 1.54) is 39.1 Å². The largest absolute Gasteiger partial charge is 0.465 e. The van der Waals surface area contributed by atoms with Crippen LogP contribution < -0.4 is 4.90 Å². The molecule has 8 nitrogen and oxygen atoms in total. The van der Waals surface area contributed by atoms with Crippen LogP contribution in [0.15, 0.2) is 17.5 Å². The highest BCUT2D eigenvalue weighted by atomic mass is 32.1. The van der Waals surface area contributed by atoms with E-state index in [4.69, 9.17) is 9.47 Å². The van der Waals surface area contributed by atoms with Gasteiger partial charge in [-0.2, -0.15) is 4.37 Å². The topological polar surface area (TPSA) is 92.2 Å². The molecule has 0 aliphatic rings. The maximum Gasteiger partial charge on any atom is 0.413 e. The molecule has 0 radical (unpaired) electrons. The van der Waals surface area contributed by atoms with Crippen molar-refractivity contribution in [3.63, 3.8) is 0 Å². The SMILES string of the molecule is CC#C[C@@H](Cc1sc2c(N(Cc3cccs3)C(=O)O)snc2c1C)N(COCC[Si](C)(C)C)C(=O)OC(C)(C)C. The summed E-state index contributed by atoms with van der Waals surface area (Å²) in [4.78, 5) is 30.4. The predicted molar refractivity (Wildman–Crippen MR) is 169 cm³/mol. The number of thiophene rings is 2. The molecule has 0 aromatic carbocycles. The number of aryl methyl sites for hydroxylation is 1. The van der Waals surface area contributed by atoms with Crippen molar-refractivity contribution in [2.75, 3.05) is 18.2 Å². The van der Waals surface area contributed by atoms with Gasteiger partial charge in [0.05, 0.1) is 11.2 Å². The number of aromatic nitrogens is 1. The minimum absolute atomic E-state index is 0.0775. The highest BCUT2D eigenvalue weighted by Crippen LogP contribution is 2.41. The van der Waals surface area contributed by atoms with Crippen molar-refractivity contribution < 1.29 is 24.2 Å². The van der Waals surface area contributed by atoms with Crippen LogP contribution in [-0.4, -0.2) is 59.6 Å². The van der Waals surface area contributed by atoms with Crippen LogP contribution >= 0.6 is 34.2 Å². The Labute approximate surface area is 250 Å². The van der Waals surface area contributed by atoms with E-state index < -0.39 is 31.9 Å².